The van der Waals surface area contributed by atoms with E-state index in [1.807, 2.05) is 5.38 Å². The maximum Gasteiger partial charge on any atom is 0.319 e. The molecule has 2 amide bonds. The van der Waals surface area contributed by atoms with Gasteiger partial charge in [-0.3, -0.25) is 0 Å². The second kappa shape index (κ2) is 6.69. The summed E-state index contributed by atoms with van der Waals surface area (Å²) >= 11 is 7.25. The van der Waals surface area contributed by atoms with Crippen LogP contribution < -0.4 is 10.6 Å². The number of amides is 2. The van der Waals surface area contributed by atoms with Gasteiger partial charge in [-0.2, -0.15) is 11.3 Å². The number of urea groups is 1. The van der Waals surface area contributed by atoms with Crippen molar-refractivity contribution in [3.63, 3.8) is 0 Å². The van der Waals surface area contributed by atoms with Gasteiger partial charge in [-0.25, -0.2) is 9.18 Å². The number of anilines is 1. The summed E-state index contributed by atoms with van der Waals surface area (Å²) in [7, 11) is 0. The molecule has 0 bridgehead atoms. The van der Waals surface area contributed by atoms with Gasteiger partial charge in [0.2, 0.25) is 0 Å². The number of aliphatic hydroxyl groups is 1. The summed E-state index contributed by atoms with van der Waals surface area (Å²) in [5.74, 6) is -0.478. The van der Waals surface area contributed by atoms with Crippen LogP contribution in [-0.4, -0.2) is 17.7 Å². The quantitative estimate of drug-likeness (QED) is 0.810. The number of aliphatic hydroxyl groups excluding tert-OH is 1. The Labute approximate surface area is 124 Å². The first-order valence-corrected chi connectivity index (χ1v) is 7.08. The van der Waals surface area contributed by atoms with E-state index in [-0.39, 0.29) is 11.6 Å². The lowest BCUT2D eigenvalue weighted by molar-refractivity contribution is 0.175. The molecule has 0 fully saturated rings. The highest BCUT2D eigenvalue weighted by atomic mass is 35.5. The molecule has 1 unspecified atom stereocenters. The molecule has 2 rings (SSSR count). The maximum atomic E-state index is 12.9. The Morgan fingerprint density at radius 3 is 2.90 bits per heavy atom. The van der Waals surface area contributed by atoms with Crippen molar-refractivity contribution in [2.24, 2.45) is 0 Å². The molecule has 4 nitrogen and oxygen atoms in total. The summed E-state index contributed by atoms with van der Waals surface area (Å²) < 4.78 is 12.9. The zero-order valence-electron chi connectivity index (χ0n) is 10.3. The summed E-state index contributed by atoms with van der Waals surface area (Å²) in [6.07, 6.45) is -0.768. The Balaban J connectivity index is 1.86. The normalized spacial score (nSPS) is 11.9. The number of thiophene rings is 1. The van der Waals surface area contributed by atoms with Crippen molar-refractivity contribution < 1.29 is 14.3 Å². The minimum absolute atomic E-state index is 0.0708. The van der Waals surface area contributed by atoms with E-state index in [9.17, 15) is 14.3 Å². The van der Waals surface area contributed by atoms with Gasteiger partial charge < -0.3 is 15.7 Å². The fourth-order valence-corrected chi connectivity index (χ4v) is 2.45. The molecule has 0 saturated heterocycles. The SMILES string of the molecule is O=C(NCC(O)c1ccsc1)Nc1ccc(F)cc1Cl. The highest BCUT2D eigenvalue weighted by Gasteiger charge is 2.11. The van der Waals surface area contributed by atoms with Gasteiger partial charge in [0.25, 0.3) is 0 Å². The molecule has 0 radical (unpaired) electrons. The monoisotopic (exact) mass is 314 g/mol. The van der Waals surface area contributed by atoms with Gasteiger partial charge >= 0.3 is 6.03 Å². The lowest BCUT2D eigenvalue weighted by atomic mass is 10.2. The highest BCUT2D eigenvalue weighted by molar-refractivity contribution is 7.07. The standard InChI is InChI=1S/C13H12ClFN2O2S/c14-10-5-9(15)1-2-11(10)17-13(19)16-6-12(18)8-3-4-20-7-8/h1-5,7,12,18H,6H2,(H2,16,17,19). The number of carbonyl (C=O) groups excluding carboxylic acids is 1. The second-order valence-electron chi connectivity index (χ2n) is 4.03. The van der Waals surface area contributed by atoms with Gasteiger partial charge in [-0.1, -0.05) is 11.6 Å². The minimum Gasteiger partial charge on any atom is -0.387 e. The number of rotatable bonds is 4. The Bertz CT molecular complexity index is 592. The highest BCUT2D eigenvalue weighted by Crippen LogP contribution is 2.22. The Kier molecular flexibility index (Phi) is 4.94. The average molecular weight is 315 g/mol. The van der Waals surface area contributed by atoms with E-state index in [2.05, 4.69) is 10.6 Å². The number of nitrogens with one attached hydrogen (secondary N) is 2. The fraction of sp³-hybridized carbons (Fsp3) is 0.154. The number of carbonyl (C=O) groups is 1. The van der Waals surface area contributed by atoms with Crippen LogP contribution in [0.1, 0.15) is 11.7 Å². The van der Waals surface area contributed by atoms with Crippen molar-refractivity contribution in [3.8, 4) is 0 Å². The Morgan fingerprint density at radius 1 is 1.45 bits per heavy atom. The van der Waals surface area contributed by atoms with Crippen molar-refractivity contribution in [3.05, 3.63) is 51.4 Å². The minimum atomic E-state index is -0.768. The van der Waals surface area contributed by atoms with Gasteiger partial charge in [-0.15, -0.1) is 0 Å². The van der Waals surface area contributed by atoms with Crippen molar-refractivity contribution in [1.82, 2.24) is 5.32 Å². The molecule has 1 aromatic carbocycles. The van der Waals surface area contributed by atoms with E-state index in [0.717, 1.165) is 11.6 Å². The van der Waals surface area contributed by atoms with Crippen LogP contribution in [-0.2, 0) is 0 Å². The van der Waals surface area contributed by atoms with Gasteiger partial charge in [0.05, 0.1) is 16.8 Å². The molecule has 0 aliphatic heterocycles. The third-order valence-electron chi connectivity index (χ3n) is 2.56. The summed E-state index contributed by atoms with van der Waals surface area (Å²) in [6.45, 7) is 0.0708. The van der Waals surface area contributed by atoms with Crippen molar-refractivity contribution in [1.29, 1.82) is 0 Å². The van der Waals surface area contributed by atoms with Gasteiger partial charge in [0.1, 0.15) is 5.82 Å². The summed E-state index contributed by atoms with van der Waals surface area (Å²) in [5.41, 5.74) is 1.05. The molecule has 7 heteroatoms. The molecular weight excluding hydrogens is 303 g/mol. The number of hydrogen-bond donors (Lipinski definition) is 3. The largest absolute Gasteiger partial charge is 0.387 e. The fourth-order valence-electron chi connectivity index (χ4n) is 1.53. The van der Waals surface area contributed by atoms with Gasteiger partial charge in [0.15, 0.2) is 0 Å². The summed E-state index contributed by atoms with van der Waals surface area (Å²) in [5, 5.41) is 18.6. The van der Waals surface area contributed by atoms with E-state index in [1.165, 1.54) is 23.5 Å². The number of benzene rings is 1. The van der Waals surface area contributed by atoms with E-state index in [1.54, 1.807) is 11.4 Å². The number of hydrogen-bond acceptors (Lipinski definition) is 3. The van der Waals surface area contributed by atoms with Gasteiger partial charge in [0, 0.05) is 6.54 Å². The first-order chi connectivity index (χ1) is 9.56. The third kappa shape index (κ3) is 3.93. The molecule has 1 heterocycles. The van der Waals surface area contributed by atoms with Crippen LogP contribution in [0.3, 0.4) is 0 Å². The summed E-state index contributed by atoms with van der Waals surface area (Å²) in [6, 6.07) is 4.94. The second-order valence-corrected chi connectivity index (χ2v) is 5.22. The van der Waals surface area contributed by atoms with Crippen LogP contribution in [0.5, 0.6) is 0 Å². The smallest absolute Gasteiger partial charge is 0.319 e. The van der Waals surface area contributed by atoms with Crippen LogP contribution in [0, 0.1) is 5.82 Å². The first-order valence-electron chi connectivity index (χ1n) is 5.76. The first kappa shape index (κ1) is 14.8. The third-order valence-corrected chi connectivity index (χ3v) is 3.58. The molecule has 3 N–H and O–H groups in total. The molecule has 20 heavy (non-hydrogen) atoms. The van der Waals surface area contributed by atoms with E-state index >= 15 is 0 Å². The maximum absolute atomic E-state index is 12.9. The zero-order valence-corrected chi connectivity index (χ0v) is 11.8. The van der Waals surface area contributed by atoms with E-state index in [0.29, 0.717) is 5.69 Å². The molecule has 0 aliphatic carbocycles. The molecule has 1 aromatic heterocycles. The van der Waals surface area contributed by atoms with Crippen molar-refractivity contribution in [2.75, 3.05) is 11.9 Å². The average Bonchev–Trinajstić information content (AvgIpc) is 2.93. The molecule has 1 atom stereocenters. The van der Waals surface area contributed by atoms with Crippen LogP contribution in [0.25, 0.3) is 0 Å². The van der Waals surface area contributed by atoms with E-state index < -0.39 is 18.0 Å². The predicted octanol–water partition coefficient (Wildman–Crippen LogP) is 3.40. The Morgan fingerprint density at radius 2 is 2.25 bits per heavy atom. The lowest BCUT2D eigenvalue weighted by Gasteiger charge is -2.12. The van der Waals surface area contributed by atoms with Crippen LogP contribution in [0.4, 0.5) is 14.9 Å². The lowest BCUT2D eigenvalue weighted by Crippen LogP contribution is -2.32. The zero-order chi connectivity index (χ0) is 14.5. The topological polar surface area (TPSA) is 61.4 Å². The molecular formula is C13H12ClFN2O2S. The number of halogens is 2. The van der Waals surface area contributed by atoms with Crippen LogP contribution in [0.15, 0.2) is 35.0 Å². The van der Waals surface area contributed by atoms with Crippen LogP contribution in [0.2, 0.25) is 5.02 Å². The molecule has 106 valence electrons. The molecule has 2 aromatic rings. The summed E-state index contributed by atoms with van der Waals surface area (Å²) in [4.78, 5) is 11.6. The molecule has 0 spiro atoms. The molecule has 0 aliphatic rings. The van der Waals surface area contributed by atoms with Crippen LogP contribution >= 0.6 is 22.9 Å². The molecule has 0 saturated carbocycles. The van der Waals surface area contributed by atoms with Crippen molar-refractivity contribution in [2.45, 2.75) is 6.10 Å². The Hall–Kier alpha value is -1.63. The predicted molar refractivity (Wildman–Crippen MR) is 77.7 cm³/mol. The van der Waals surface area contributed by atoms with Crippen molar-refractivity contribution >= 4 is 34.7 Å². The van der Waals surface area contributed by atoms with E-state index in [4.69, 9.17) is 11.6 Å². The van der Waals surface area contributed by atoms with Gasteiger partial charge in [-0.05, 0) is 40.6 Å².